The van der Waals surface area contributed by atoms with Gasteiger partial charge in [0.05, 0.1) is 5.56 Å². The number of hydrogen-bond donors (Lipinski definition) is 2. The van der Waals surface area contributed by atoms with Crippen LogP contribution < -0.4 is 5.73 Å². The van der Waals surface area contributed by atoms with Crippen LogP contribution in [0, 0.1) is 5.82 Å². The van der Waals surface area contributed by atoms with Gasteiger partial charge in [-0.3, -0.25) is 4.79 Å². The van der Waals surface area contributed by atoms with Crippen LogP contribution in [0.5, 0.6) is 0 Å². The minimum absolute atomic E-state index is 0.0485. The van der Waals surface area contributed by atoms with Crippen molar-refractivity contribution < 1.29 is 19.1 Å². The first-order valence-corrected chi connectivity index (χ1v) is 5.39. The van der Waals surface area contributed by atoms with Crippen molar-refractivity contribution in [2.45, 2.75) is 0 Å². The van der Waals surface area contributed by atoms with Gasteiger partial charge < -0.3 is 15.4 Å². The predicted molar refractivity (Wildman–Crippen MR) is 66.6 cm³/mol. The molecule has 98 valence electrons. The number of hydrogen-bond acceptors (Lipinski definition) is 3. The number of nitrogens with zero attached hydrogens (tertiary/aromatic N) is 1. The quantitative estimate of drug-likeness (QED) is 0.651. The number of aryl methyl sites for hydroxylation is 1. The van der Waals surface area contributed by atoms with Crippen molar-refractivity contribution in [2.24, 2.45) is 7.05 Å². The van der Waals surface area contributed by atoms with Gasteiger partial charge in [0.25, 0.3) is 0 Å². The summed E-state index contributed by atoms with van der Waals surface area (Å²) in [7, 11) is 1.50. The molecular formula is C13H11FN2O3. The van der Waals surface area contributed by atoms with E-state index in [1.54, 1.807) is 0 Å². The Morgan fingerprint density at radius 2 is 2.00 bits per heavy atom. The van der Waals surface area contributed by atoms with E-state index in [9.17, 15) is 14.0 Å². The highest BCUT2D eigenvalue weighted by atomic mass is 19.1. The smallest absolute Gasteiger partial charge is 0.352 e. The maximum atomic E-state index is 13.6. The Hall–Kier alpha value is -2.63. The van der Waals surface area contributed by atoms with Crippen LogP contribution in [-0.2, 0) is 7.05 Å². The van der Waals surface area contributed by atoms with Gasteiger partial charge in [-0.1, -0.05) is 0 Å². The van der Waals surface area contributed by atoms with Gasteiger partial charge >= 0.3 is 5.97 Å². The van der Waals surface area contributed by atoms with Crippen LogP contribution in [0.1, 0.15) is 26.4 Å². The minimum atomic E-state index is -1.16. The van der Waals surface area contributed by atoms with Crippen molar-refractivity contribution in [3.8, 4) is 0 Å². The molecule has 0 aliphatic heterocycles. The molecule has 0 spiro atoms. The Balaban J connectivity index is 2.47. The number of halogens is 1. The number of benzene rings is 1. The molecule has 6 heteroatoms. The Morgan fingerprint density at radius 1 is 1.32 bits per heavy atom. The first-order chi connectivity index (χ1) is 8.90. The largest absolute Gasteiger partial charge is 0.477 e. The molecule has 0 aliphatic carbocycles. The minimum Gasteiger partial charge on any atom is -0.477 e. The number of anilines is 1. The monoisotopic (exact) mass is 262 g/mol. The molecule has 0 amide bonds. The molecule has 1 aromatic heterocycles. The summed E-state index contributed by atoms with van der Waals surface area (Å²) in [6.45, 7) is 0. The highest BCUT2D eigenvalue weighted by Crippen LogP contribution is 2.18. The fourth-order valence-corrected chi connectivity index (χ4v) is 1.77. The van der Waals surface area contributed by atoms with Gasteiger partial charge in [0.15, 0.2) is 5.78 Å². The number of carbonyl (C=O) groups is 2. The molecular weight excluding hydrogens is 251 g/mol. The van der Waals surface area contributed by atoms with E-state index < -0.39 is 17.6 Å². The number of aromatic nitrogens is 1. The van der Waals surface area contributed by atoms with Gasteiger partial charge in [0.1, 0.15) is 11.5 Å². The molecule has 19 heavy (non-hydrogen) atoms. The molecule has 5 nitrogen and oxygen atoms in total. The Morgan fingerprint density at radius 3 is 2.58 bits per heavy atom. The van der Waals surface area contributed by atoms with E-state index in [4.69, 9.17) is 10.8 Å². The maximum Gasteiger partial charge on any atom is 0.352 e. The van der Waals surface area contributed by atoms with Crippen LogP contribution in [0.4, 0.5) is 10.1 Å². The van der Waals surface area contributed by atoms with Crippen molar-refractivity contribution in [3.05, 3.63) is 53.1 Å². The zero-order chi connectivity index (χ0) is 14.2. The molecule has 1 aromatic carbocycles. The fourth-order valence-electron chi connectivity index (χ4n) is 1.77. The van der Waals surface area contributed by atoms with Gasteiger partial charge in [-0.25, -0.2) is 9.18 Å². The normalized spacial score (nSPS) is 10.4. The van der Waals surface area contributed by atoms with E-state index in [0.29, 0.717) is 0 Å². The molecule has 0 radical (unpaired) electrons. The van der Waals surface area contributed by atoms with Crippen molar-refractivity contribution in [2.75, 3.05) is 5.73 Å². The second-order valence-corrected chi connectivity index (χ2v) is 4.10. The topological polar surface area (TPSA) is 85.3 Å². The van der Waals surface area contributed by atoms with Crippen LogP contribution in [0.15, 0.2) is 30.5 Å². The molecule has 0 aliphatic rings. The molecule has 0 bridgehead atoms. The number of ketones is 1. The number of aromatic carboxylic acids is 1. The van der Waals surface area contributed by atoms with E-state index in [1.807, 2.05) is 0 Å². The molecule has 0 saturated carbocycles. The van der Waals surface area contributed by atoms with Crippen LogP contribution in [-0.4, -0.2) is 21.4 Å². The maximum absolute atomic E-state index is 13.6. The van der Waals surface area contributed by atoms with Crippen molar-refractivity contribution >= 4 is 17.4 Å². The van der Waals surface area contributed by atoms with E-state index in [2.05, 4.69) is 0 Å². The number of rotatable bonds is 3. The highest BCUT2D eigenvalue weighted by Gasteiger charge is 2.19. The van der Waals surface area contributed by atoms with Gasteiger partial charge in [-0.05, 0) is 24.3 Å². The fraction of sp³-hybridized carbons (Fsp3) is 0.0769. The summed E-state index contributed by atoms with van der Waals surface area (Å²) < 4.78 is 14.9. The average Bonchev–Trinajstić information content (AvgIpc) is 2.74. The third kappa shape index (κ3) is 2.33. The summed E-state index contributed by atoms with van der Waals surface area (Å²) >= 11 is 0. The van der Waals surface area contributed by atoms with E-state index >= 15 is 0 Å². The van der Waals surface area contributed by atoms with E-state index in [0.717, 1.165) is 6.07 Å². The predicted octanol–water partition coefficient (Wildman–Crippen LogP) is 1.68. The summed E-state index contributed by atoms with van der Waals surface area (Å²) in [4.78, 5) is 23.0. The molecule has 0 atom stereocenters. The first kappa shape index (κ1) is 12.8. The second kappa shape index (κ2) is 4.56. The number of nitrogen functional groups attached to an aromatic ring is 1. The van der Waals surface area contributed by atoms with Gasteiger partial charge in [0, 0.05) is 24.5 Å². The Bertz CT molecular complexity index is 677. The molecule has 0 fully saturated rings. The lowest BCUT2D eigenvalue weighted by atomic mass is 10.0. The van der Waals surface area contributed by atoms with Crippen LogP contribution in [0.3, 0.4) is 0 Å². The van der Waals surface area contributed by atoms with Crippen LogP contribution in [0.2, 0.25) is 0 Å². The third-order valence-corrected chi connectivity index (χ3v) is 2.72. The van der Waals surface area contributed by atoms with Crippen molar-refractivity contribution in [1.29, 1.82) is 0 Å². The summed E-state index contributed by atoms with van der Waals surface area (Å²) in [6, 6.07) is 4.88. The number of carboxylic acid groups (broad SMARTS) is 1. The standard InChI is InChI=1S/C13H11FN2O3/c1-16-6-7(4-11(16)13(18)19)12(17)9-5-8(15)2-3-10(9)14/h2-6H,15H2,1H3,(H,18,19). The summed E-state index contributed by atoms with van der Waals surface area (Å²) in [5.41, 5.74) is 5.65. The van der Waals surface area contributed by atoms with E-state index in [-0.39, 0.29) is 22.5 Å². The van der Waals surface area contributed by atoms with E-state index in [1.165, 1.54) is 36.0 Å². The summed E-state index contributed by atoms with van der Waals surface area (Å²) in [5.74, 6) is -2.46. The molecule has 1 heterocycles. The first-order valence-electron chi connectivity index (χ1n) is 5.39. The zero-order valence-corrected chi connectivity index (χ0v) is 10.1. The van der Waals surface area contributed by atoms with Gasteiger partial charge in [0.2, 0.25) is 0 Å². The molecule has 0 saturated heterocycles. The van der Waals surface area contributed by atoms with Gasteiger partial charge in [-0.15, -0.1) is 0 Å². The molecule has 2 rings (SSSR count). The third-order valence-electron chi connectivity index (χ3n) is 2.72. The van der Waals surface area contributed by atoms with Crippen LogP contribution in [0.25, 0.3) is 0 Å². The highest BCUT2D eigenvalue weighted by molar-refractivity contribution is 6.10. The van der Waals surface area contributed by atoms with Crippen LogP contribution >= 0.6 is 0 Å². The lowest BCUT2D eigenvalue weighted by Crippen LogP contribution is -2.04. The number of carboxylic acids is 1. The molecule has 2 aromatic rings. The Kier molecular flexibility index (Phi) is 3.08. The van der Waals surface area contributed by atoms with Gasteiger partial charge in [-0.2, -0.15) is 0 Å². The lowest BCUT2D eigenvalue weighted by Gasteiger charge is -2.01. The Labute approximate surface area is 108 Å². The lowest BCUT2D eigenvalue weighted by molar-refractivity contribution is 0.0686. The number of carbonyl (C=O) groups excluding carboxylic acids is 1. The van der Waals surface area contributed by atoms with Crippen molar-refractivity contribution in [3.63, 3.8) is 0 Å². The van der Waals surface area contributed by atoms with Crippen molar-refractivity contribution in [1.82, 2.24) is 4.57 Å². The molecule has 0 unspecified atom stereocenters. The second-order valence-electron chi connectivity index (χ2n) is 4.10. The number of nitrogens with two attached hydrogens (primary N) is 1. The molecule has 3 N–H and O–H groups in total. The SMILES string of the molecule is Cn1cc(C(=O)c2cc(N)ccc2F)cc1C(=O)O. The average molecular weight is 262 g/mol. The zero-order valence-electron chi connectivity index (χ0n) is 10.1. The summed E-state index contributed by atoms with van der Waals surface area (Å²) in [5, 5.41) is 8.90. The summed E-state index contributed by atoms with van der Waals surface area (Å²) in [6.07, 6.45) is 1.34.